The Morgan fingerprint density at radius 1 is 0.467 bits per heavy atom. The summed E-state index contributed by atoms with van der Waals surface area (Å²) in [5.74, 6) is -2.00. The summed E-state index contributed by atoms with van der Waals surface area (Å²) in [6.07, 6.45) is 0.874. The Balaban J connectivity index is -0.000000592. The predicted octanol–water partition coefficient (Wildman–Crippen LogP) is 1.34. The van der Waals surface area contributed by atoms with Crippen molar-refractivity contribution in [2.75, 3.05) is 97.3 Å². The number of ether oxygens (including phenoxy) is 6. The fourth-order valence-electron chi connectivity index (χ4n) is 3.11. The van der Waals surface area contributed by atoms with Gasteiger partial charge in [0, 0.05) is 11.9 Å². The first-order valence-corrected chi connectivity index (χ1v) is 16.2. The second-order valence-electron chi connectivity index (χ2n) is 8.54. The van der Waals surface area contributed by atoms with Crippen molar-refractivity contribution in [3.8, 4) is 0 Å². The fraction of sp³-hybridized carbons (Fsp3) is 0.793. The molecule has 45 heavy (non-hydrogen) atoms. The topological polar surface area (TPSA) is 176 Å². The number of carbonyl (C=O) groups is 6. The molecule has 0 heterocycles. The number of alkyl halides is 1. The number of halogens is 1. The minimum Gasteiger partial charge on any atom is -0.465 e. The van der Waals surface area contributed by atoms with Gasteiger partial charge in [-0.2, -0.15) is 0 Å². The predicted molar refractivity (Wildman–Crippen MR) is 170 cm³/mol. The molecular formula is C29H54BrN3O12. The van der Waals surface area contributed by atoms with Crippen LogP contribution in [-0.4, -0.2) is 143 Å². The van der Waals surface area contributed by atoms with Gasteiger partial charge in [-0.15, -0.1) is 0 Å². The number of carbonyl (C=O) groups excluding carboxylic acids is 6. The average Bonchev–Trinajstić information content (AvgIpc) is 2.95. The third-order valence-electron chi connectivity index (χ3n) is 4.72. The monoisotopic (exact) mass is 715 g/mol. The molecule has 0 rings (SSSR count). The number of nitrogens with zero attached hydrogens (tertiary/aromatic N) is 2. The Morgan fingerprint density at radius 3 is 0.978 bits per heavy atom. The van der Waals surface area contributed by atoms with Gasteiger partial charge in [-0.1, -0.05) is 22.9 Å². The Labute approximate surface area is 276 Å². The molecule has 0 bridgehead atoms. The lowest BCUT2D eigenvalue weighted by Crippen LogP contribution is -2.37. The van der Waals surface area contributed by atoms with Crippen LogP contribution in [0.25, 0.3) is 0 Å². The van der Waals surface area contributed by atoms with E-state index in [4.69, 9.17) is 18.9 Å². The first kappa shape index (κ1) is 46.6. The normalized spacial score (nSPS) is 10.0. The zero-order chi connectivity index (χ0) is 34.9. The summed E-state index contributed by atoms with van der Waals surface area (Å²) < 4.78 is 28.5. The molecule has 0 aromatic rings. The van der Waals surface area contributed by atoms with Crippen molar-refractivity contribution in [3.63, 3.8) is 0 Å². The molecule has 15 nitrogen and oxygen atoms in total. The molecule has 0 aliphatic rings. The number of hydrogen-bond donors (Lipinski definition) is 1. The molecule has 0 amide bonds. The maximum absolute atomic E-state index is 11.3. The Bertz CT molecular complexity index is 713. The number of nitrogens with one attached hydrogen (secondary N) is 1. The van der Waals surface area contributed by atoms with Crippen molar-refractivity contribution in [3.05, 3.63) is 0 Å². The van der Waals surface area contributed by atoms with Crippen molar-refractivity contribution < 1.29 is 57.2 Å². The van der Waals surface area contributed by atoms with E-state index in [1.807, 2.05) is 6.92 Å². The van der Waals surface area contributed by atoms with Crippen molar-refractivity contribution in [2.45, 2.75) is 54.9 Å². The minimum atomic E-state index is -0.369. The van der Waals surface area contributed by atoms with Gasteiger partial charge in [-0.25, -0.2) is 0 Å². The molecule has 0 aromatic heterocycles. The Hall–Kier alpha value is -2.82. The zero-order valence-corrected chi connectivity index (χ0v) is 29.6. The first-order chi connectivity index (χ1) is 21.5. The van der Waals surface area contributed by atoms with Crippen LogP contribution in [-0.2, 0) is 57.2 Å². The van der Waals surface area contributed by atoms with E-state index >= 15 is 0 Å². The maximum Gasteiger partial charge on any atom is 0.320 e. The van der Waals surface area contributed by atoms with Gasteiger partial charge in [0.25, 0.3) is 0 Å². The van der Waals surface area contributed by atoms with Gasteiger partial charge in [0.05, 0.1) is 78.9 Å². The Morgan fingerprint density at radius 2 is 0.733 bits per heavy atom. The molecule has 0 saturated carbocycles. The van der Waals surface area contributed by atoms with E-state index in [1.165, 1.54) is 0 Å². The van der Waals surface area contributed by atoms with E-state index in [2.05, 4.69) is 30.7 Å². The highest BCUT2D eigenvalue weighted by atomic mass is 79.9. The third-order valence-corrected chi connectivity index (χ3v) is 5.08. The van der Waals surface area contributed by atoms with Crippen LogP contribution < -0.4 is 5.32 Å². The van der Waals surface area contributed by atoms with Gasteiger partial charge < -0.3 is 28.4 Å². The van der Waals surface area contributed by atoms with Crippen molar-refractivity contribution in [1.82, 2.24) is 15.1 Å². The van der Waals surface area contributed by atoms with Crippen molar-refractivity contribution >= 4 is 51.7 Å². The summed E-state index contributed by atoms with van der Waals surface area (Å²) in [4.78, 5) is 69.9. The molecule has 0 atom stereocenters. The first-order valence-electron chi connectivity index (χ1n) is 15.1. The summed E-state index contributed by atoms with van der Waals surface area (Å²) in [6.45, 7) is 16.4. The molecule has 0 aliphatic heterocycles. The smallest absolute Gasteiger partial charge is 0.320 e. The number of rotatable bonds is 22. The second-order valence-corrected chi connectivity index (χ2v) is 9.34. The van der Waals surface area contributed by atoms with Crippen LogP contribution in [0.1, 0.15) is 54.9 Å². The van der Waals surface area contributed by atoms with Gasteiger partial charge in [-0.3, -0.25) is 43.9 Å². The molecule has 0 fully saturated rings. The molecule has 0 aromatic carbocycles. The van der Waals surface area contributed by atoms with E-state index in [9.17, 15) is 28.8 Å². The summed E-state index contributed by atoms with van der Waals surface area (Å²) in [7, 11) is 0. The lowest BCUT2D eigenvalue weighted by molar-refractivity contribution is -0.149. The number of esters is 6. The van der Waals surface area contributed by atoms with Crippen LogP contribution in [0.4, 0.5) is 0 Å². The quantitative estimate of drug-likeness (QED) is 0.0964. The van der Waals surface area contributed by atoms with Crippen LogP contribution in [0.5, 0.6) is 0 Å². The number of hydrogen-bond acceptors (Lipinski definition) is 15. The van der Waals surface area contributed by atoms with Crippen molar-refractivity contribution in [2.24, 2.45) is 0 Å². The highest BCUT2D eigenvalue weighted by Gasteiger charge is 2.16. The molecule has 0 radical (unpaired) electrons. The second kappa shape index (κ2) is 34.1. The fourth-order valence-corrected chi connectivity index (χ4v) is 3.61. The molecule has 0 saturated heterocycles. The van der Waals surface area contributed by atoms with Gasteiger partial charge in [0.1, 0.15) is 0 Å². The van der Waals surface area contributed by atoms with Crippen LogP contribution in [0.15, 0.2) is 0 Å². The van der Waals surface area contributed by atoms with Gasteiger partial charge in [0.2, 0.25) is 0 Å². The standard InChI is InChI=1S/C11H21NO4.C10H18BrNO4.C8H15NO4/c1-4-7-12(8-10(13)15-5-2)9-11(14)16-6-3;1-3-15-9(13)7-12(6-5-11)8-10(14)16-4-2;1-3-12-7(10)5-9-6-8(11)13-4-2/h4-9H2,1-3H3;3-8H2,1-2H3;9H,3-6H2,1-2H3. The highest BCUT2D eigenvalue weighted by molar-refractivity contribution is 9.09. The zero-order valence-electron chi connectivity index (χ0n) is 28.0. The SMILES string of the molecule is CCCN(CC(=O)OCC)CC(=O)OCC.CCOC(=O)CN(CCBr)CC(=O)OCC.CCOC(=O)CNCC(=O)OCC. The van der Waals surface area contributed by atoms with E-state index in [1.54, 1.807) is 51.3 Å². The van der Waals surface area contributed by atoms with E-state index < -0.39 is 0 Å². The molecule has 1 N–H and O–H groups in total. The summed E-state index contributed by atoms with van der Waals surface area (Å²) in [5, 5.41) is 3.29. The minimum absolute atomic E-state index is 0.0344. The average molecular weight is 717 g/mol. The summed E-state index contributed by atoms with van der Waals surface area (Å²) >= 11 is 3.26. The van der Waals surface area contributed by atoms with E-state index in [0.29, 0.717) is 58.1 Å². The van der Waals surface area contributed by atoms with Gasteiger partial charge >= 0.3 is 35.8 Å². The Kier molecular flexibility index (Phi) is 35.3. The maximum atomic E-state index is 11.3. The van der Waals surface area contributed by atoms with Gasteiger partial charge in [0.15, 0.2) is 0 Å². The molecular weight excluding hydrogens is 662 g/mol. The summed E-state index contributed by atoms with van der Waals surface area (Å²) in [6, 6.07) is 0. The highest BCUT2D eigenvalue weighted by Crippen LogP contribution is 1.96. The van der Waals surface area contributed by atoms with Crippen LogP contribution in [0.2, 0.25) is 0 Å². The molecule has 0 aliphatic carbocycles. The molecule has 0 spiro atoms. The van der Waals surface area contributed by atoms with E-state index in [-0.39, 0.29) is 75.1 Å². The third kappa shape index (κ3) is 33.9. The molecule has 0 unspecified atom stereocenters. The van der Waals surface area contributed by atoms with Crippen molar-refractivity contribution in [1.29, 1.82) is 0 Å². The largest absolute Gasteiger partial charge is 0.465 e. The van der Waals surface area contributed by atoms with Crippen LogP contribution >= 0.6 is 15.9 Å². The van der Waals surface area contributed by atoms with Gasteiger partial charge in [-0.05, 0) is 54.5 Å². The molecule has 264 valence electrons. The van der Waals surface area contributed by atoms with Crippen LogP contribution in [0, 0.1) is 0 Å². The van der Waals surface area contributed by atoms with Crippen LogP contribution in [0.3, 0.4) is 0 Å². The molecule has 16 heteroatoms. The van der Waals surface area contributed by atoms with E-state index in [0.717, 1.165) is 6.42 Å². The lowest BCUT2D eigenvalue weighted by Gasteiger charge is -2.19. The summed E-state index contributed by atoms with van der Waals surface area (Å²) in [5.41, 5.74) is 0. The lowest BCUT2D eigenvalue weighted by atomic mass is 10.4.